The average molecular weight is 344 g/mol. The van der Waals surface area contributed by atoms with Gasteiger partial charge < -0.3 is 20.5 Å². The smallest absolute Gasteiger partial charge is 0.341 e. The summed E-state index contributed by atoms with van der Waals surface area (Å²) in [6.45, 7) is 0.439. The summed E-state index contributed by atoms with van der Waals surface area (Å²) in [4.78, 5) is 10.4. The fourth-order valence-corrected chi connectivity index (χ4v) is 2.31. The number of hydrogen-bond acceptors (Lipinski definition) is 3. The Morgan fingerprint density at radius 1 is 1.08 bits per heavy atom. The molecule has 0 atom stereocenters. The van der Waals surface area contributed by atoms with E-state index in [9.17, 15) is 4.79 Å². The molecule has 0 fully saturated rings. The second kappa shape index (κ2) is 9.52. The molecule has 0 unspecified atom stereocenters. The van der Waals surface area contributed by atoms with Crippen molar-refractivity contribution in [2.75, 3.05) is 18.5 Å². The zero-order valence-corrected chi connectivity index (χ0v) is 14.0. The Hall–Kier alpha value is -2.60. The summed E-state index contributed by atoms with van der Waals surface area (Å²) in [7, 11) is 0. The SMILES string of the molecule is O=C(O)COc1ccc(NC(=S)NCCCc2ccccc2)cc1. The molecule has 2 aromatic rings. The lowest BCUT2D eigenvalue weighted by molar-refractivity contribution is -0.139. The molecule has 2 aromatic carbocycles. The first-order valence-electron chi connectivity index (χ1n) is 7.67. The molecule has 0 amide bonds. The van der Waals surface area contributed by atoms with Gasteiger partial charge >= 0.3 is 5.97 Å². The molecule has 126 valence electrons. The van der Waals surface area contributed by atoms with E-state index in [4.69, 9.17) is 22.1 Å². The standard InChI is InChI=1S/C18H20N2O3S/c21-17(22)13-23-16-10-8-15(9-11-16)20-18(24)19-12-4-7-14-5-2-1-3-6-14/h1-3,5-6,8-11H,4,7,12-13H2,(H,21,22)(H2,19,20,24). The van der Waals surface area contributed by atoms with E-state index in [0.717, 1.165) is 25.1 Å². The van der Waals surface area contributed by atoms with Crippen LogP contribution in [0.1, 0.15) is 12.0 Å². The predicted molar refractivity (Wildman–Crippen MR) is 98.6 cm³/mol. The number of carboxylic acids is 1. The largest absolute Gasteiger partial charge is 0.482 e. The minimum absolute atomic E-state index is 0.353. The Balaban J connectivity index is 1.67. The summed E-state index contributed by atoms with van der Waals surface area (Å²) >= 11 is 5.25. The van der Waals surface area contributed by atoms with Gasteiger partial charge in [-0.2, -0.15) is 0 Å². The van der Waals surface area contributed by atoms with Gasteiger partial charge in [0.25, 0.3) is 0 Å². The molecular weight excluding hydrogens is 324 g/mol. The molecule has 0 saturated carbocycles. The van der Waals surface area contributed by atoms with Gasteiger partial charge in [-0.25, -0.2) is 4.79 Å². The van der Waals surface area contributed by atoms with Gasteiger partial charge in [0.1, 0.15) is 5.75 Å². The molecule has 5 nitrogen and oxygen atoms in total. The van der Waals surface area contributed by atoms with Crippen molar-refractivity contribution < 1.29 is 14.6 Å². The van der Waals surface area contributed by atoms with Gasteiger partial charge in [-0.1, -0.05) is 30.3 Å². The van der Waals surface area contributed by atoms with Crippen molar-refractivity contribution in [3.63, 3.8) is 0 Å². The molecule has 0 spiro atoms. The third kappa shape index (κ3) is 6.66. The Labute approximate surface area is 146 Å². The highest BCUT2D eigenvalue weighted by Crippen LogP contribution is 2.15. The molecule has 24 heavy (non-hydrogen) atoms. The normalized spacial score (nSPS) is 10.0. The lowest BCUT2D eigenvalue weighted by Crippen LogP contribution is -2.29. The van der Waals surface area contributed by atoms with E-state index in [0.29, 0.717) is 10.9 Å². The van der Waals surface area contributed by atoms with E-state index in [1.54, 1.807) is 24.3 Å². The van der Waals surface area contributed by atoms with Crippen LogP contribution in [0.15, 0.2) is 54.6 Å². The van der Waals surface area contributed by atoms with Crippen LogP contribution in [0.5, 0.6) is 5.75 Å². The second-order valence-electron chi connectivity index (χ2n) is 5.18. The molecule has 0 aliphatic heterocycles. The fourth-order valence-electron chi connectivity index (χ4n) is 2.09. The quantitative estimate of drug-likeness (QED) is 0.505. The minimum Gasteiger partial charge on any atom is -0.482 e. The summed E-state index contributed by atoms with van der Waals surface area (Å²) in [6.07, 6.45) is 2.00. The number of aryl methyl sites for hydroxylation is 1. The molecule has 0 saturated heterocycles. The first-order chi connectivity index (χ1) is 11.6. The van der Waals surface area contributed by atoms with Crippen LogP contribution < -0.4 is 15.4 Å². The monoisotopic (exact) mass is 344 g/mol. The third-order valence-electron chi connectivity index (χ3n) is 3.25. The Morgan fingerprint density at radius 2 is 1.79 bits per heavy atom. The summed E-state index contributed by atoms with van der Waals surface area (Å²) in [5.41, 5.74) is 2.13. The zero-order valence-electron chi connectivity index (χ0n) is 13.2. The van der Waals surface area contributed by atoms with Crippen LogP contribution in [0, 0.1) is 0 Å². The van der Waals surface area contributed by atoms with E-state index in [-0.39, 0.29) is 6.61 Å². The van der Waals surface area contributed by atoms with Crippen LogP contribution in [-0.4, -0.2) is 29.3 Å². The van der Waals surface area contributed by atoms with Crippen molar-refractivity contribution in [2.24, 2.45) is 0 Å². The molecule has 2 rings (SSSR count). The van der Waals surface area contributed by atoms with Crippen LogP contribution >= 0.6 is 12.2 Å². The summed E-state index contributed by atoms with van der Waals surface area (Å²) in [5, 5.41) is 15.4. The van der Waals surface area contributed by atoms with E-state index in [1.807, 2.05) is 18.2 Å². The van der Waals surface area contributed by atoms with E-state index < -0.39 is 5.97 Å². The van der Waals surface area contributed by atoms with Crippen LogP contribution in [0.25, 0.3) is 0 Å². The van der Waals surface area contributed by atoms with Crippen molar-refractivity contribution in [1.29, 1.82) is 0 Å². The molecule has 0 aliphatic rings. The maximum Gasteiger partial charge on any atom is 0.341 e. The maximum absolute atomic E-state index is 10.4. The second-order valence-corrected chi connectivity index (χ2v) is 5.59. The van der Waals surface area contributed by atoms with Gasteiger partial charge in [0, 0.05) is 12.2 Å². The number of thiocarbonyl (C=S) groups is 1. The van der Waals surface area contributed by atoms with Gasteiger partial charge in [0.15, 0.2) is 11.7 Å². The van der Waals surface area contributed by atoms with Crippen molar-refractivity contribution in [3.05, 3.63) is 60.2 Å². The van der Waals surface area contributed by atoms with Crippen molar-refractivity contribution >= 4 is 29.0 Å². The van der Waals surface area contributed by atoms with E-state index >= 15 is 0 Å². The summed E-state index contributed by atoms with van der Waals surface area (Å²) in [5.74, 6) is -0.497. The Morgan fingerprint density at radius 3 is 2.46 bits per heavy atom. The van der Waals surface area contributed by atoms with Crippen LogP contribution in [0.3, 0.4) is 0 Å². The van der Waals surface area contributed by atoms with Gasteiger partial charge in [0.2, 0.25) is 0 Å². The number of carboxylic acid groups (broad SMARTS) is 1. The molecule has 0 heterocycles. The number of benzene rings is 2. The van der Waals surface area contributed by atoms with Crippen LogP contribution in [-0.2, 0) is 11.2 Å². The van der Waals surface area contributed by atoms with Gasteiger partial charge in [-0.15, -0.1) is 0 Å². The van der Waals surface area contributed by atoms with Gasteiger partial charge in [-0.3, -0.25) is 0 Å². The van der Waals surface area contributed by atoms with E-state index in [2.05, 4.69) is 22.8 Å². The number of nitrogens with one attached hydrogen (secondary N) is 2. The lowest BCUT2D eigenvalue weighted by atomic mass is 10.1. The Kier molecular flexibility index (Phi) is 7.04. The molecule has 0 aromatic heterocycles. The van der Waals surface area contributed by atoms with Crippen LogP contribution in [0.4, 0.5) is 5.69 Å². The summed E-state index contributed by atoms with van der Waals surface area (Å²) in [6, 6.07) is 17.3. The molecular formula is C18H20N2O3S. The number of anilines is 1. The maximum atomic E-state index is 10.4. The van der Waals surface area contributed by atoms with Crippen molar-refractivity contribution in [3.8, 4) is 5.75 Å². The predicted octanol–water partition coefficient (Wildman–Crippen LogP) is 3.07. The topological polar surface area (TPSA) is 70.6 Å². The number of rotatable bonds is 8. The minimum atomic E-state index is -1.00. The lowest BCUT2D eigenvalue weighted by Gasteiger charge is -2.11. The van der Waals surface area contributed by atoms with E-state index in [1.165, 1.54) is 5.56 Å². The highest BCUT2D eigenvalue weighted by Gasteiger charge is 2.01. The molecule has 3 N–H and O–H groups in total. The highest BCUT2D eigenvalue weighted by molar-refractivity contribution is 7.80. The number of hydrogen-bond donors (Lipinski definition) is 3. The first-order valence-corrected chi connectivity index (χ1v) is 8.08. The molecule has 6 heteroatoms. The molecule has 0 bridgehead atoms. The molecule has 0 radical (unpaired) electrons. The number of aliphatic carboxylic acids is 1. The van der Waals surface area contributed by atoms with Crippen molar-refractivity contribution in [1.82, 2.24) is 5.32 Å². The molecule has 0 aliphatic carbocycles. The third-order valence-corrected chi connectivity index (χ3v) is 3.49. The fraction of sp³-hybridized carbons (Fsp3) is 0.222. The highest BCUT2D eigenvalue weighted by atomic mass is 32.1. The number of carbonyl (C=O) groups is 1. The summed E-state index contributed by atoms with van der Waals surface area (Å²) < 4.78 is 5.07. The zero-order chi connectivity index (χ0) is 17.2. The van der Waals surface area contributed by atoms with Crippen LogP contribution in [0.2, 0.25) is 0 Å². The number of ether oxygens (including phenoxy) is 1. The van der Waals surface area contributed by atoms with Gasteiger partial charge in [0.05, 0.1) is 0 Å². The first kappa shape index (κ1) is 17.7. The van der Waals surface area contributed by atoms with Crippen molar-refractivity contribution in [2.45, 2.75) is 12.8 Å². The average Bonchev–Trinajstić information content (AvgIpc) is 2.59. The Bertz CT molecular complexity index is 660. The van der Waals surface area contributed by atoms with Gasteiger partial charge in [-0.05, 0) is 54.9 Å².